The number of amides is 2. The number of para-hydroxylation sites is 1. The third-order valence-electron chi connectivity index (χ3n) is 4.00. The second-order valence-corrected chi connectivity index (χ2v) is 7.18. The molecule has 0 atom stereocenters. The van der Waals surface area contributed by atoms with Crippen LogP contribution >= 0.6 is 11.8 Å². The van der Waals surface area contributed by atoms with Crippen LogP contribution in [0.1, 0.15) is 13.3 Å². The first kappa shape index (κ1) is 22.1. The Hall–Kier alpha value is -3.60. The molecule has 31 heavy (non-hydrogen) atoms. The van der Waals surface area contributed by atoms with Gasteiger partial charge in [-0.2, -0.15) is 0 Å². The van der Waals surface area contributed by atoms with Crippen LogP contribution < -0.4 is 16.2 Å². The highest BCUT2D eigenvalue weighted by Gasteiger charge is 2.14. The van der Waals surface area contributed by atoms with Crippen LogP contribution in [0.3, 0.4) is 0 Å². The minimum atomic E-state index is -0.898. The van der Waals surface area contributed by atoms with Gasteiger partial charge in [-0.1, -0.05) is 36.9 Å². The molecule has 3 aromatic rings. The van der Waals surface area contributed by atoms with E-state index in [9.17, 15) is 23.2 Å². The Morgan fingerprint density at radius 3 is 2.48 bits per heavy atom. The van der Waals surface area contributed by atoms with E-state index >= 15 is 0 Å². The van der Waals surface area contributed by atoms with E-state index in [1.54, 1.807) is 31.2 Å². The predicted molar refractivity (Wildman–Crippen MR) is 113 cm³/mol. The SMILES string of the molecule is CCC(=O)Nc1ccccc1-c1nnc(SCC(=O)Nc2ccc(F)cc2F)[nH]c1=O. The molecular weight excluding hydrogens is 428 g/mol. The van der Waals surface area contributed by atoms with E-state index in [1.165, 1.54) is 0 Å². The number of thioether (sulfide) groups is 1. The summed E-state index contributed by atoms with van der Waals surface area (Å²) in [6, 6.07) is 9.47. The van der Waals surface area contributed by atoms with Gasteiger partial charge in [0.15, 0.2) is 10.9 Å². The van der Waals surface area contributed by atoms with E-state index in [0.29, 0.717) is 17.3 Å². The zero-order chi connectivity index (χ0) is 22.4. The normalized spacial score (nSPS) is 10.5. The second-order valence-electron chi connectivity index (χ2n) is 6.22. The summed E-state index contributed by atoms with van der Waals surface area (Å²) in [7, 11) is 0. The summed E-state index contributed by atoms with van der Waals surface area (Å²) in [4.78, 5) is 38.7. The summed E-state index contributed by atoms with van der Waals surface area (Å²) >= 11 is 0.886. The molecule has 0 fully saturated rings. The van der Waals surface area contributed by atoms with Gasteiger partial charge >= 0.3 is 0 Å². The number of aromatic amines is 1. The molecule has 160 valence electrons. The molecule has 0 spiro atoms. The summed E-state index contributed by atoms with van der Waals surface area (Å²) in [6.07, 6.45) is 0.274. The summed E-state index contributed by atoms with van der Waals surface area (Å²) < 4.78 is 26.5. The summed E-state index contributed by atoms with van der Waals surface area (Å²) in [5.41, 5.74) is 0.122. The third kappa shape index (κ3) is 5.72. The second kappa shape index (κ2) is 9.94. The molecule has 2 aromatic carbocycles. The van der Waals surface area contributed by atoms with Crippen LogP contribution in [0.25, 0.3) is 11.3 Å². The van der Waals surface area contributed by atoms with Gasteiger partial charge < -0.3 is 10.6 Å². The Kier molecular flexibility index (Phi) is 7.08. The molecule has 3 N–H and O–H groups in total. The molecule has 3 rings (SSSR count). The fraction of sp³-hybridized carbons (Fsp3) is 0.150. The molecule has 0 aliphatic rings. The highest BCUT2D eigenvalue weighted by Crippen LogP contribution is 2.24. The maximum Gasteiger partial charge on any atom is 0.278 e. The van der Waals surface area contributed by atoms with Crippen molar-refractivity contribution in [3.63, 3.8) is 0 Å². The minimum Gasteiger partial charge on any atom is -0.325 e. The van der Waals surface area contributed by atoms with Crippen LogP contribution in [-0.2, 0) is 9.59 Å². The highest BCUT2D eigenvalue weighted by molar-refractivity contribution is 7.99. The van der Waals surface area contributed by atoms with Gasteiger partial charge in [0, 0.05) is 18.1 Å². The van der Waals surface area contributed by atoms with Crippen LogP contribution in [0.5, 0.6) is 0 Å². The first-order valence-electron chi connectivity index (χ1n) is 9.11. The standard InChI is InChI=1S/C20H17F2N5O3S/c1-2-16(28)23-14-6-4-3-5-12(14)18-19(30)25-20(27-26-18)31-10-17(29)24-15-8-7-11(21)9-13(15)22/h3-9H,2,10H2,1H3,(H,23,28)(H,24,29)(H,25,27,30). The average Bonchev–Trinajstić information content (AvgIpc) is 2.75. The van der Waals surface area contributed by atoms with Gasteiger partial charge in [0.2, 0.25) is 11.8 Å². The fourth-order valence-electron chi connectivity index (χ4n) is 2.51. The number of nitrogens with zero attached hydrogens (tertiary/aromatic N) is 2. The van der Waals surface area contributed by atoms with Gasteiger partial charge in [0.1, 0.15) is 11.6 Å². The Morgan fingerprint density at radius 1 is 1.03 bits per heavy atom. The topological polar surface area (TPSA) is 117 Å². The van der Waals surface area contributed by atoms with E-state index in [-0.39, 0.29) is 34.6 Å². The number of hydrogen-bond acceptors (Lipinski definition) is 6. The van der Waals surface area contributed by atoms with Crippen LogP contribution in [0, 0.1) is 11.6 Å². The number of rotatable bonds is 7. The molecule has 1 heterocycles. The molecule has 0 bridgehead atoms. The van der Waals surface area contributed by atoms with Gasteiger partial charge in [-0.25, -0.2) is 8.78 Å². The summed E-state index contributed by atoms with van der Waals surface area (Å²) in [5.74, 6) is -2.63. The Morgan fingerprint density at radius 2 is 1.77 bits per heavy atom. The quantitative estimate of drug-likeness (QED) is 0.481. The maximum atomic E-state index is 13.6. The highest BCUT2D eigenvalue weighted by atomic mass is 32.2. The van der Waals surface area contributed by atoms with E-state index in [0.717, 1.165) is 23.9 Å². The van der Waals surface area contributed by atoms with Crippen molar-refractivity contribution >= 4 is 35.0 Å². The maximum absolute atomic E-state index is 13.6. The lowest BCUT2D eigenvalue weighted by atomic mass is 10.1. The molecular formula is C20H17F2N5O3S. The van der Waals surface area contributed by atoms with Crippen LogP contribution in [0.15, 0.2) is 52.4 Å². The number of carbonyl (C=O) groups is 2. The average molecular weight is 445 g/mol. The van der Waals surface area contributed by atoms with Gasteiger partial charge in [-0.05, 0) is 18.2 Å². The lowest BCUT2D eigenvalue weighted by molar-refractivity contribution is -0.116. The van der Waals surface area contributed by atoms with Crippen molar-refractivity contribution in [1.82, 2.24) is 15.2 Å². The number of nitrogens with one attached hydrogen (secondary N) is 3. The lowest BCUT2D eigenvalue weighted by Crippen LogP contribution is -2.18. The molecule has 0 unspecified atom stereocenters. The molecule has 2 amide bonds. The molecule has 0 aliphatic carbocycles. The fourth-order valence-corrected chi connectivity index (χ4v) is 3.11. The molecule has 8 nitrogen and oxygen atoms in total. The number of halogens is 2. The minimum absolute atomic E-state index is 0.00851. The number of carbonyl (C=O) groups excluding carboxylic acids is 2. The third-order valence-corrected chi connectivity index (χ3v) is 4.86. The largest absolute Gasteiger partial charge is 0.325 e. The van der Waals surface area contributed by atoms with Crippen molar-refractivity contribution in [3.05, 3.63) is 64.5 Å². The molecule has 0 aliphatic heterocycles. The van der Waals surface area contributed by atoms with Crippen LogP contribution in [-0.4, -0.2) is 32.7 Å². The van der Waals surface area contributed by atoms with E-state index in [2.05, 4.69) is 25.8 Å². The van der Waals surface area contributed by atoms with E-state index in [1.807, 2.05) is 0 Å². The molecule has 1 aromatic heterocycles. The number of anilines is 2. The Labute approximate surface area is 179 Å². The van der Waals surface area contributed by atoms with Gasteiger partial charge in [-0.15, -0.1) is 10.2 Å². The molecule has 11 heteroatoms. The van der Waals surface area contributed by atoms with Crippen molar-refractivity contribution in [2.75, 3.05) is 16.4 Å². The number of aromatic nitrogens is 3. The Bertz CT molecular complexity index is 1190. The number of benzene rings is 2. The molecule has 0 saturated carbocycles. The zero-order valence-electron chi connectivity index (χ0n) is 16.2. The Balaban J connectivity index is 1.70. The first-order valence-corrected chi connectivity index (χ1v) is 10.1. The van der Waals surface area contributed by atoms with E-state index in [4.69, 9.17) is 0 Å². The van der Waals surface area contributed by atoms with Crippen molar-refractivity contribution in [3.8, 4) is 11.3 Å². The summed E-state index contributed by atoms with van der Waals surface area (Å²) in [5, 5.41) is 12.9. The van der Waals surface area contributed by atoms with Crippen molar-refractivity contribution in [2.24, 2.45) is 0 Å². The first-order chi connectivity index (χ1) is 14.9. The van der Waals surface area contributed by atoms with E-state index < -0.39 is 23.1 Å². The number of H-pyrrole nitrogens is 1. The monoisotopic (exact) mass is 445 g/mol. The van der Waals surface area contributed by atoms with Crippen molar-refractivity contribution in [2.45, 2.75) is 18.5 Å². The smallest absolute Gasteiger partial charge is 0.278 e. The van der Waals surface area contributed by atoms with Crippen molar-refractivity contribution < 1.29 is 18.4 Å². The van der Waals surface area contributed by atoms with Gasteiger partial charge in [0.05, 0.1) is 17.1 Å². The van der Waals surface area contributed by atoms with Crippen LogP contribution in [0.4, 0.5) is 20.2 Å². The van der Waals surface area contributed by atoms with Crippen LogP contribution in [0.2, 0.25) is 0 Å². The molecule has 0 radical (unpaired) electrons. The van der Waals surface area contributed by atoms with Crippen molar-refractivity contribution in [1.29, 1.82) is 0 Å². The van der Waals surface area contributed by atoms with Gasteiger partial charge in [0.25, 0.3) is 5.56 Å². The predicted octanol–water partition coefficient (Wildman–Crippen LogP) is 3.19. The van der Waals surface area contributed by atoms with Gasteiger partial charge in [-0.3, -0.25) is 19.4 Å². The molecule has 0 saturated heterocycles. The number of hydrogen-bond donors (Lipinski definition) is 3. The zero-order valence-corrected chi connectivity index (χ0v) is 17.1. The summed E-state index contributed by atoms with van der Waals surface area (Å²) in [6.45, 7) is 1.71. The lowest BCUT2D eigenvalue weighted by Gasteiger charge is -2.09.